The fourth-order valence-corrected chi connectivity index (χ4v) is 4.69. The summed E-state index contributed by atoms with van der Waals surface area (Å²) in [6, 6.07) is 8.34. The normalized spacial score (nSPS) is 22.6. The minimum absolute atomic E-state index is 0.0176. The van der Waals surface area contributed by atoms with Crippen LogP contribution in [0.4, 0.5) is 5.69 Å². The van der Waals surface area contributed by atoms with Crippen molar-refractivity contribution in [1.29, 1.82) is 0 Å². The molecule has 2 aliphatic rings. The van der Waals surface area contributed by atoms with Gasteiger partial charge in [0.25, 0.3) is 0 Å². The lowest BCUT2D eigenvalue weighted by Gasteiger charge is -2.38. The molecule has 25 heavy (non-hydrogen) atoms. The van der Waals surface area contributed by atoms with Gasteiger partial charge < -0.3 is 4.90 Å². The molecule has 2 heterocycles. The number of sulfonamides is 1. The summed E-state index contributed by atoms with van der Waals surface area (Å²) < 4.78 is 25.3. The monoisotopic (exact) mass is 365 g/mol. The van der Waals surface area contributed by atoms with Crippen molar-refractivity contribution >= 4 is 21.6 Å². The highest BCUT2D eigenvalue weighted by molar-refractivity contribution is 7.88. The molecule has 0 aliphatic carbocycles. The number of para-hydroxylation sites is 1. The fourth-order valence-electron chi connectivity index (χ4n) is 3.85. The molecule has 1 fully saturated rings. The van der Waals surface area contributed by atoms with Gasteiger partial charge in [0.15, 0.2) is 0 Å². The summed E-state index contributed by atoms with van der Waals surface area (Å²) in [5.41, 5.74) is 2.28. The molecule has 3 rings (SSSR count). The molecule has 1 amide bonds. The molecule has 6 nitrogen and oxygen atoms in total. The van der Waals surface area contributed by atoms with Crippen molar-refractivity contribution in [3.05, 3.63) is 29.8 Å². The van der Waals surface area contributed by atoms with E-state index in [9.17, 15) is 13.2 Å². The van der Waals surface area contributed by atoms with Crippen LogP contribution in [-0.4, -0.2) is 57.2 Å². The van der Waals surface area contributed by atoms with Gasteiger partial charge in [-0.3, -0.25) is 9.69 Å². The third-order valence-corrected chi connectivity index (χ3v) is 5.88. The van der Waals surface area contributed by atoms with Crippen LogP contribution in [0.25, 0.3) is 0 Å². The smallest absolute Gasteiger partial charge is 0.241 e. The van der Waals surface area contributed by atoms with Crippen molar-refractivity contribution in [2.45, 2.75) is 44.7 Å². The van der Waals surface area contributed by atoms with Crippen molar-refractivity contribution in [3.63, 3.8) is 0 Å². The zero-order chi connectivity index (χ0) is 18.0. The molecule has 0 aromatic heterocycles. The second-order valence-electron chi connectivity index (χ2n) is 7.22. The summed E-state index contributed by atoms with van der Waals surface area (Å²) >= 11 is 0. The van der Waals surface area contributed by atoms with Crippen molar-refractivity contribution in [2.24, 2.45) is 0 Å². The molecule has 1 saturated heterocycles. The van der Waals surface area contributed by atoms with Crippen LogP contribution >= 0.6 is 0 Å². The lowest BCUT2D eigenvalue weighted by atomic mass is 9.96. The number of piperidine rings is 1. The van der Waals surface area contributed by atoms with Crippen LogP contribution in [0.5, 0.6) is 0 Å². The molecular weight excluding hydrogens is 338 g/mol. The number of nitrogens with one attached hydrogen (secondary N) is 1. The summed E-state index contributed by atoms with van der Waals surface area (Å²) in [4.78, 5) is 17.0. The lowest BCUT2D eigenvalue weighted by Crippen LogP contribution is -2.50. The first-order valence-electron chi connectivity index (χ1n) is 8.93. The zero-order valence-corrected chi connectivity index (χ0v) is 15.8. The molecule has 0 saturated carbocycles. The standard InChI is InChI=1S/C18H27N3O3S/c1-14-7-8-15-5-3-4-6-17(15)21(14)18(22)13-20-11-9-16(10-12-20)19-25(2,23)24/h3-6,14,16,19H,7-13H2,1-2H3. The molecule has 7 heteroatoms. The van der Waals surface area contributed by atoms with Gasteiger partial charge in [0.2, 0.25) is 15.9 Å². The molecule has 1 unspecified atom stereocenters. The Hall–Kier alpha value is -1.44. The number of amides is 1. The van der Waals surface area contributed by atoms with E-state index in [1.54, 1.807) is 0 Å². The summed E-state index contributed by atoms with van der Waals surface area (Å²) in [5.74, 6) is 0.133. The van der Waals surface area contributed by atoms with Crippen molar-refractivity contribution < 1.29 is 13.2 Å². The third kappa shape index (κ3) is 4.59. The van der Waals surface area contributed by atoms with Crippen molar-refractivity contribution in [3.8, 4) is 0 Å². The highest BCUT2D eigenvalue weighted by Gasteiger charge is 2.30. The average Bonchev–Trinajstić information content (AvgIpc) is 2.55. The number of rotatable bonds is 4. The molecular formula is C18H27N3O3S. The van der Waals surface area contributed by atoms with Crippen molar-refractivity contribution in [1.82, 2.24) is 9.62 Å². The van der Waals surface area contributed by atoms with E-state index in [-0.39, 0.29) is 18.0 Å². The number of nitrogens with zero attached hydrogens (tertiary/aromatic N) is 2. The summed E-state index contributed by atoms with van der Waals surface area (Å²) in [5, 5.41) is 0. The summed E-state index contributed by atoms with van der Waals surface area (Å²) in [6.07, 6.45) is 4.68. The largest absolute Gasteiger partial charge is 0.308 e. The van der Waals surface area contributed by atoms with E-state index in [1.165, 1.54) is 11.8 Å². The summed E-state index contributed by atoms with van der Waals surface area (Å²) in [7, 11) is -3.17. The Balaban J connectivity index is 1.60. The number of hydrogen-bond acceptors (Lipinski definition) is 4. The topological polar surface area (TPSA) is 69.7 Å². The van der Waals surface area contributed by atoms with Gasteiger partial charge in [-0.1, -0.05) is 18.2 Å². The number of carbonyl (C=O) groups excluding carboxylic acids is 1. The quantitative estimate of drug-likeness (QED) is 0.875. The molecule has 0 spiro atoms. The van der Waals surface area contributed by atoms with E-state index in [0.717, 1.165) is 44.5 Å². The number of likely N-dealkylation sites (tertiary alicyclic amines) is 1. The Kier molecular flexibility index (Phi) is 5.46. The van der Waals surface area contributed by atoms with Gasteiger partial charge in [-0.25, -0.2) is 13.1 Å². The van der Waals surface area contributed by atoms with E-state index in [0.29, 0.717) is 6.54 Å². The first kappa shape index (κ1) is 18.4. The Labute approximate surface area is 150 Å². The summed E-state index contributed by atoms with van der Waals surface area (Å²) in [6.45, 7) is 3.98. The van der Waals surface area contributed by atoms with E-state index in [1.807, 2.05) is 23.1 Å². The predicted molar refractivity (Wildman–Crippen MR) is 99.2 cm³/mol. The lowest BCUT2D eigenvalue weighted by molar-refractivity contribution is -0.120. The van der Waals surface area contributed by atoms with Crippen molar-refractivity contribution in [2.75, 3.05) is 30.8 Å². The van der Waals surface area contributed by atoms with Gasteiger partial charge in [0, 0.05) is 30.9 Å². The Morgan fingerprint density at radius 2 is 1.88 bits per heavy atom. The highest BCUT2D eigenvalue weighted by atomic mass is 32.2. The van der Waals surface area contributed by atoms with E-state index in [2.05, 4.69) is 22.6 Å². The number of hydrogen-bond donors (Lipinski definition) is 1. The van der Waals surface area contributed by atoms with Gasteiger partial charge >= 0.3 is 0 Å². The van der Waals surface area contributed by atoms with Crippen LogP contribution in [0, 0.1) is 0 Å². The molecule has 138 valence electrons. The van der Waals surface area contributed by atoms with Gasteiger partial charge in [-0.2, -0.15) is 0 Å². The van der Waals surface area contributed by atoms with Gasteiger partial charge in [0.05, 0.1) is 12.8 Å². The fraction of sp³-hybridized carbons (Fsp3) is 0.611. The van der Waals surface area contributed by atoms with Gasteiger partial charge in [0.1, 0.15) is 0 Å². The van der Waals surface area contributed by atoms with E-state index in [4.69, 9.17) is 0 Å². The van der Waals surface area contributed by atoms with E-state index >= 15 is 0 Å². The molecule has 1 N–H and O–H groups in total. The minimum Gasteiger partial charge on any atom is -0.308 e. The Morgan fingerprint density at radius 1 is 1.20 bits per heavy atom. The maximum Gasteiger partial charge on any atom is 0.241 e. The van der Waals surface area contributed by atoms with Crippen LogP contribution in [-0.2, 0) is 21.2 Å². The third-order valence-electron chi connectivity index (χ3n) is 5.12. The number of carbonyl (C=O) groups is 1. The first-order chi connectivity index (χ1) is 11.8. The van der Waals surface area contributed by atoms with Gasteiger partial charge in [-0.15, -0.1) is 0 Å². The van der Waals surface area contributed by atoms with Crippen LogP contribution < -0.4 is 9.62 Å². The highest BCUT2D eigenvalue weighted by Crippen LogP contribution is 2.30. The number of anilines is 1. The minimum atomic E-state index is -3.17. The maximum absolute atomic E-state index is 12.9. The molecule has 0 bridgehead atoms. The average molecular weight is 365 g/mol. The molecule has 2 aliphatic heterocycles. The number of benzene rings is 1. The molecule has 1 aromatic rings. The first-order valence-corrected chi connectivity index (χ1v) is 10.8. The molecule has 0 radical (unpaired) electrons. The second kappa shape index (κ2) is 7.43. The Bertz CT molecular complexity index is 727. The Morgan fingerprint density at radius 3 is 2.56 bits per heavy atom. The zero-order valence-electron chi connectivity index (χ0n) is 14.9. The SMILES string of the molecule is CC1CCc2ccccc2N1C(=O)CN1CCC(NS(C)(=O)=O)CC1. The van der Waals surface area contributed by atoms with Crippen LogP contribution in [0.3, 0.4) is 0 Å². The maximum atomic E-state index is 12.9. The van der Waals surface area contributed by atoms with Crippen LogP contribution in [0.2, 0.25) is 0 Å². The van der Waals surface area contributed by atoms with E-state index < -0.39 is 10.0 Å². The van der Waals surface area contributed by atoms with Crippen LogP contribution in [0.1, 0.15) is 31.7 Å². The molecule has 1 atom stereocenters. The number of fused-ring (bicyclic) bond motifs is 1. The molecule has 1 aromatic carbocycles. The number of aryl methyl sites for hydroxylation is 1. The van der Waals surface area contributed by atoms with Crippen LogP contribution in [0.15, 0.2) is 24.3 Å². The second-order valence-corrected chi connectivity index (χ2v) is 9.00. The predicted octanol–water partition coefficient (Wildman–Crippen LogP) is 1.37. The van der Waals surface area contributed by atoms with Gasteiger partial charge in [-0.05, 0) is 44.2 Å².